The molecule has 4 aromatic rings. The molecule has 0 atom stereocenters. The first-order chi connectivity index (χ1) is 13.0. The van der Waals surface area contributed by atoms with Gasteiger partial charge >= 0.3 is 0 Å². The summed E-state index contributed by atoms with van der Waals surface area (Å²) in [4.78, 5) is 17.7. The van der Waals surface area contributed by atoms with Crippen molar-refractivity contribution < 1.29 is 9.21 Å². The van der Waals surface area contributed by atoms with Crippen LogP contribution in [0.25, 0.3) is 22.4 Å². The maximum atomic E-state index is 13.1. The Kier molecular flexibility index (Phi) is 4.24. The highest BCUT2D eigenvalue weighted by Gasteiger charge is 2.16. The Balaban J connectivity index is 1.80. The third kappa shape index (κ3) is 3.34. The number of nitrogens with zero attached hydrogens (tertiary/aromatic N) is 1. The van der Waals surface area contributed by atoms with E-state index in [9.17, 15) is 4.79 Å². The second-order valence-corrected chi connectivity index (χ2v) is 6.76. The summed E-state index contributed by atoms with van der Waals surface area (Å²) in [5.41, 5.74) is 4.98. The largest absolute Gasteiger partial charge is 0.460 e. The summed E-state index contributed by atoms with van der Waals surface area (Å²) >= 11 is 0. The molecule has 0 aliphatic heterocycles. The number of aromatic nitrogens is 1. The van der Waals surface area contributed by atoms with E-state index in [-0.39, 0.29) is 5.91 Å². The topological polar surface area (TPSA) is 55.1 Å². The van der Waals surface area contributed by atoms with Crippen molar-refractivity contribution in [2.75, 3.05) is 5.32 Å². The van der Waals surface area contributed by atoms with Gasteiger partial charge in [0.1, 0.15) is 11.5 Å². The van der Waals surface area contributed by atoms with Crippen molar-refractivity contribution in [1.82, 2.24) is 4.98 Å². The molecule has 0 saturated carbocycles. The molecule has 134 valence electrons. The summed E-state index contributed by atoms with van der Waals surface area (Å²) in [5.74, 6) is 1.30. The van der Waals surface area contributed by atoms with Crippen molar-refractivity contribution in [1.29, 1.82) is 0 Å². The van der Waals surface area contributed by atoms with E-state index < -0.39 is 0 Å². The lowest BCUT2D eigenvalue weighted by Crippen LogP contribution is -2.14. The van der Waals surface area contributed by atoms with Crippen LogP contribution in [0.4, 0.5) is 5.69 Å². The standard InChI is InChI=1S/C23H20N2O2/c1-14-8-10-19(15(2)12-14)25-23(26)18-13-21(22-11-9-16(3)27-22)24-20-7-5-4-6-17(18)20/h4-13H,1-3H3,(H,25,26). The number of hydrogen-bond acceptors (Lipinski definition) is 3. The first kappa shape index (κ1) is 17.0. The molecular formula is C23H20N2O2. The van der Waals surface area contributed by atoms with E-state index in [1.54, 1.807) is 6.07 Å². The number of pyridine rings is 1. The number of nitrogens with one attached hydrogen (secondary N) is 1. The Hall–Kier alpha value is -3.40. The fourth-order valence-corrected chi connectivity index (χ4v) is 3.21. The maximum Gasteiger partial charge on any atom is 0.256 e. The van der Waals surface area contributed by atoms with Gasteiger partial charge in [0.15, 0.2) is 5.76 Å². The quantitative estimate of drug-likeness (QED) is 0.514. The van der Waals surface area contributed by atoms with E-state index in [1.807, 2.05) is 69.3 Å². The molecule has 4 nitrogen and oxygen atoms in total. The van der Waals surface area contributed by atoms with E-state index in [2.05, 4.69) is 16.4 Å². The molecule has 27 heavy (non-hydrogen) atoms. The van der Waals surface area contributed by atoms with E-state index in [0.717, 1.165) is 33.5 Å². The molecule has 0 spiro atoms. The molecule has 2 aromatic heterocycles. The monoisotopic (exact) mass is 356 g/mol. The number of fused-ring (bicyclic) bond motifs is 1. The lowest BCUT2D eigenvalue weighted by Gasteiger charge is -2.12. The molecule has 0 radical (unpaired) electrons. The second-order valence-electron chi connectivity index (χ2n) is 6.76. The van der Waals surface area contributed by atoms with Crippen molar-refractivity contribution >= 4 is 22.5 Å². The van der Waals surface area contributed by atoms with Gasteiger partial charge < -0.3 is 9.73 Å². The third-order valence-corrected chi connectivity index (χ3v) is 4.58. The van der Waals surface area contributed by atoms with Gasteiger partial charge in [-0.3, -0.25) is 4.79 Å². The number of carbonyl (C=O) groups excluding carboxylic acids is 1. The predicted octanol–water partition coefficient (Wildman–Crippen LogP) is 5.67. The molecule has 1 N–H and O–H groups in total. The molecule has 2 heterocycles. The number of anilines is 1. The number of amides is 1. The minimum Gasteiger partial charge on any atom is -0.460 e. The van der Waals surface area contributed by atoms with Crippen molar-refractivity contribution in [3.05, 3.63) is 83.1 Å². The molecule has 0 aliphatic rings. The SMILES string of the molecule is Cc1ccc(NC(=O)c2cc(-c3ccc(C)o3)nc3ccccc23)c(C)c1. The molecular weight excluding hydrogens is 336 g/mol. The Morgan fingerprint density at radius 2 is 1.78 bits per heavy atom. The van der Waals surface area contributed by atoms with Gasteiger partial charge in [0.05, 0.1) is 11.1 Å². The van der Waals surface area contributed by atoms with Gasteiger partial charge in [-0.05, 0) is 56.7 Å². The zero-order chi connectivity index (χ0) is 19.0. The molecule has 0 fully saturated rings. The summed E-state index contributed by atoms with van der Waals surface area (Å²) in [6, 6.07) is 19.2. The summed E-state index contributed by atoms with van der Waals surface area (Å²) in [6.45, 7) is 5.91. The van der Waals surface area contributed by atoms with Crippen LogP contribution in [0.2, 0.25) is 0 Å². The van der Waals surface area contributed by atoms with Crippen molar-refractivity contribution in [3.8, 4) is 11.5 Å². The molecule has 0 aliphatic carbocycles. The van der Waals surface area contributed by atoms with Gasteiger partial charge in [-0.1, -0.05) is 35.9 Å². The molecule has 1 amide bonds. The molecule has 0 saturated heterocycles. The van der Waals surface area contributed by atoms with Crippen LogP contribution in [0.5, 0.6) is 0 Å². The molecule has 2 aromatic carbocycles. The number of rotatable bonds is 3. The fraction of sp³-hybridized carbons (Fsp3) is 0.130. The van der Waals surface area contributed by atoms with Gasteiger partial charge in [0.2, 0.25) is 0 Å². The first-order valence-corrected chi connectivity index (χ1v) is 8.86. The highest BCUT2D eigenvalue weighted by atomic mass is 16.3. The second kappa shape index (κ2) is 6.72. The van der Waals surface area contributed by atoms with E-state index in [4.69, 9.17) is 4.42 Å². The third-order valence-electron chi connectivity index (χ3n) is 4.58. The van der Waals surface area contributed by atoms with Gasteiger partial charge in [-0.25, -0.2) is 4.98 Å². The van der Waals surface area contributed by atoms with Crippen molar-refractivity contribution in [2.45, 2.75) is 20.8 Å². The van der Waals surface area contributed by atoms with Gasteiger partial charge in [0.25, 0.3) is 5.91 Å². The molecule has 4 rings (SSSR count). The number of carbonyl (C=O) groups is 1. The highest BCUT2D eigenvalue weighted by molar-refractivity contribution is 6.13. The number of aryl methyl sites for hydroxylation is 3. The van der Waals surface area contributed by atoms with Crippen LogP contribution in [-0.4, -0.2) is 10.9 Å². The number of benzene rings is 2. The van der Waals surface area contributed by atoms with Crippen molar-refractivity contribution in [2.24, 2.45) is 0 Å². The minimum absolute atomic E-state index is 0.162. The lowest BCUT2D eigenvalue weighted by molar-refractivity contribution is 0.102. The molecule has 0 unspecified atom stereocenters. The van der Waals surface area contributed by atoms with Gasteiger partial charge in [0, 0.05) is 11.1 Å². The summed E-state index contributed by atoms with van der Waals surface area (Å²) in [6.07, 6.45) is 0. The minimum atomic E-state index is -0.162. The Bertz CT molecular complexity index is 1160. The highest BCUT2D eigenvalue weighted by Crippen LogP contribution is 2.27. The zero-order valence-electron chi connectivity index (χ0n) is 15.5. The smallest absolute Gasteiger partial charge is 0.256 e. The van der Waals surface area contributed by atoms with E-state index >= 15 is 0 Å². The Labute approximate surface area is 157 Å². The maximum absolute atomic E-state index is 13.1. The Morgan fingerprint density at radius 3 is 2.52 bits per heavy atom. The summed E-state index contributed by atoms with van der Waals surface area (Å²) in [5, 5.41) is 3.84. The van der Waals surface area contributed by atoms with Crippen LogP contribution in [0.1, 0.15) is 27.2 Å². The van der Waals surface area contributed by atoms with Crippen LogP contribution in [0, 0.1) is 20.8 Å². The number of para-hydroxylation sites is 1. The first-order valence-electron chi connectivity index (χ1n) is 8.86. The number of furan rings is 1. The average molecular weight is 356 g/mol. The average Bonchev–Trinajstić information content (AvgIpc) is 3.09. The normalized spacial score (nSPS) is 10.9. The number of hydrogen-bond donors (Lipinski definition) is 1. The predicted molar refractivity (Wildman–Crippen MR) is 108 cm³/mol. The zero-order valence-corrected chi connectivity index (χ0v) is 15.5. The van der Waals surface area contributed by atoms with E-state index in [0.29, 0.717) is 17.0 Å². The summed E-state index contributed by atoms with van der Waals surface area (Å²) in [7, 11) is 0. The Morgan fingerprint density at radius 1 is 0.963 bits per heavy atom. The molecule has 4 heteroatoms. The van der Waals surface area contributed by atoms with Crippen LogP contribution in [0.3, 0.4) is 0 Å². The van der Waals surface area contributed by atoms with E-state index in [1.165, 1.54) is 0 Å². The van der Waals surface area contributed by atoms with Crippen LogP contribution < -0.4 is 5.32 Å². The summed E-state index contributed by atoms with van der Waals surface area (Å²) < 4.78 is 5.71. The van der Waals surface area contributed by atoms with Crippen LogP contribution in [-0.2, 0) is 0 Å². The fourth-order valence-electron chi connectivity index (χ4n) is 3.21. The van der Waals surface area contributed by atoms with Crippen LogP contribution >= 0.6 is 0 Å². The van der Waals surface area contributed by atoms with Crippen molar-refractivity contribution in [3.63, 3.8) is 0 Å². The van der Waals surface area contributed by atoms with Crippen LogP contribution in [0.15, 0.2) is 65.1 Å². The lowest BCUT2D eigenvalue weighted by atomic mass is 10.1. The van der Waals surface area contributed by atoms with Gasteiger partial charge in [-0.2, -0.15) is 0 Å². The van der Waals surface area contributed by atoms with Gasteiger partial charge in [-0.15, -0.1) is 0 Å². The molecule has 0 bridgehead atoms.